The summed E-state index contributed by atoms with van der Waals surface area (Å²) in [7, 11) is -3.20. The molecule has 0 saturated heterocycles. The van der Waals surface area contributed by atoms with Gasteiger partial charge in [0.2, 0.25) is 9.84 Å². The molecule has 1 N–H and O–H groups in total. The molecular weight excluding hydrogens is 377 g/mol. The topological polar surface area (TPSA) is 84.1 Å². The molecule has 0 aliphatic carbocycles. The van der Waals surface area contributed by atoms with Gasteiger partial charge in [-0.1, -0.05) is 17.7 Å². The second-order valence-electron chi connectivity index (χ2n) is 5.23. The summed E-state index contributed by atoms with van der Waals surface area (Å²) >= 11 is 0. The van der Waals surface area contributed by atoms with Crippen molar-refractivity contribution in [3.8, 4) is 0 Å². The normalized spacial score (nSPS) is 12.6. The maximum absolute atomic E-state index is 13.5. The summed E-state index contributed by atoms with van der Waals surface area (Å²) in [4.78, 5) is 1.78. The lowest BCUT2D eigenvalue weighted by molar-refractivity contribution is 0.585. The van der Waals surface area contributed by atoms with Gasteiger partial charge in [0.05, 0.1) is 4.90 Å². The molecule has 0 aliphatic heterocycles. The molecule has 0 aliphatic rings. The predicted molar refractivity (Wildman–Crippen MR) is 87.9 cm³/mol. The van der Waals surface area contributed by atoms with E-state index in [-0.39, 0.29) is 15.8 Å². The van der Waals surface area contributed by atoms with E-state index < -0.39 is 34.6 Å². The Morgan fingerprint density at radius 1 is 1.00 bits per heavy atom. The molecule has 9 heteroatoms. The van der Waals surface area contributed by atoms with E-state index in [0.29, 0.717) is 0 Å². The molecule has 0 atom stereocenters. The zero-order chi connectivity index (χ0) is 17.7. The van der Waals surface area contributed by atoms with E-state index in [1.807, 2.05) is 0 Å². The lowest BCUT2D eigenvalue weighted by Gasteiger charge is -2.05. The fraction of sp³-hybridized carbons (Fsp3) is 0.0667. The smallest absolute Gasteiger partial charge is 0.264 e. The van der Waals surface area contributed by atoms with Crippen molar-refractivity contribution in [2.24, 2.45) is 0 Å². The van der Waals surface area contributed by atoms with Gasteiger partial charge in [0, 0.05) is 21.6 Å². The summed E-state index contributed by atoms with van der Waals surface area (Å²) in [5, 5.41) is -0.697. The van der Waals surface area contributed by atoms with E-state index in [4.69, 9.17) is 10.7 Å². The zero-order valence-corrected chi connectivity index (χ0v) is 14.6. The Bertz CT molecular complexity index is 1150. The van der Waals surface area contributed by atoms with Crippen LogP contribution in [0.2, 0.25) is 0 Å². The fourth-order valence-electron chi connectivity index (χ4n) is 2.38. The van der Waals surface area contributed by atoms with Gasteiger partial charge in [-0.25, -0.2) is 21.2 Å². The summed E-state index contributed by atoms with van der Waals surface area (Å²) < 4.78 is 63.0. The highest BCUT2D eigenvalue weighted by Crippen LogP contribution is 2.35. The number of rotatable bonds is 3. The van der Waals surface area contributed by atoms with E-state index in [0.717, 1.165) is 17.7 Å². The Labute approximate surface area is 142 Å². The molecule has 2 aromatic carbocycles. The first-order chi connectivity index (χ1) is 11.1. The van der Waals surface area contributed by atoms with Gasteiger partial charge in [-0.3, -0.25) is 0 Å². The Morgan fingerprint density at radius 3 is 2.21 bits per heavy atom. The first kappa shape index (κ1) is 16.9. The Kier molecular flexibility index (Phi) is 3.94. The maximum atomic E-state index is 13.5. The van der Waals surface area contributed by atoms with Crippen molar-refractivity contribution in [1.82, 2.24) is 4.98 Å². The number of sulfone groups is 1. The minimum Gasteiger partial charge on any atom is -0.344 e. The van der Waals surface area contributed by atoms with Gasteiger partial charge < -0.3 is 4.98 Å². The molecular formula is C15H11ClFNO4S2. The first-order valence-corrected chi connectivity index (χ1v) is 10.5. The second kappa shape index (κ2) is 5.58. The number of aromatic amines is 1. The van der Waals surface area contributed by atoms with Crippen molar-refractivity contribution in [2.75, 3.05) is 0 Å². The summed E-state index contributed by atoms with van der Waals surface area (Å²) in [6, 6.07) is 9.17. The second-order valence-corrected chi connectivity index (χ2v) is 9.62. The molecule has 3 aromatic rings. The number of halogens is 2. The number of hydrogen-bond donors (Lipinski definition) is 1. The molecule has 0 bridgehead atoms. The van der Waals surface area contributed by atoms with E-state index in [1.165, 1.54) is 18.2 Å². The summed E-state index contributed by atoms with van der Waals surface area (Å²) in [6.45, 7) is 1.79. The third-order valence-corrected chi connectivity index (χ3v) is 6.76. The molecule has 0 fully saturated rings. The van der Waals surface area contributed by atoms with Crippen LogP contribution in [0.25, 0.3) is 10.9 Å². The summed E-state index contributed by atoms with van der Waals surface area (Å²) in [6.07, 6.45) is 0. The van der Waals surface area contributed by atoms with Crippen molar-refractivity contribution in [1.29, 1.82) is 0 Å². The van der Waals surface area contributed by atoms with Crippen LogP contribution in [0.4, 0.5) is 4.39 Å². The average Bonchev–Trinajstić information content (AvgIpc) is 2.87. The molecule has 0 saturated carbocycles. The van der Waals surface area contributed by atoms with E-state index >= 15 is 0 Å². The van der Waals surface area contributed by atoms with E-state index in [9.17, 15) is 21.2 Å². The van der Waals surface area contributed by atoms with Crippen molar-refractivity contribution in [3.63, 3.8) is 0 Å². The standard InChI is InChI=1S/C15H11ClFNO4S2/c1-9-2-5-11(6-3-9)23(19,20)15-14(24(16,21)22)12-8-10(17)4-7-13(12)18-15/h2-8,18H,1H3. The molecule has 0 amide bonds. The number of benzene rings is 2. The van der Waals surface area contributed by atoms with E-state index in [1.54, 1.807) is 19.1 Å². The van der Waals surface area contributed by atoms with Crippen LogP contribution in [-0.2, 0) is 18.9 Å². The predicted octanol–water partition coefficient (Wildman–Crippen LogP) is 3.38. The van der Waals surface area contributed by atoms with Crippen molar-refractivity contribution in [2.45, 2.75) is 21.7 Å². The van der Waals surface area contributed by atoms with Crippen LogP contribution in [0.5, 0.6) is 0 Å². The number of aromatic nitrogens is 1. The van der Waals surface area contributed by atoms with Gasteiger partial charge in [0.15, 0.2) is 5.03 Å². The lowest BCUT2D eigenvalue weighted by Crippen LogP contribution is -2.07. The number of fused-ring (bicyclic) bond motifs is 1. The van der Waals surface area contributed by atoms with Crippen LogP contribution in [-0.4, -0.2) is 21.8 Å². The van der Waals surface area contributed by atoms with Gasteiger partial charge in [0.25, 0.3) is 9.05 Å². The molecule has 0 unspecified atom stereocenters. The number of hydrogen-bond acceptors (Lipinski definition) is 4. The zero-order valence-electron chi connectivity index (χ0n) is 12.2. The molecule has 0 radical (unpaired) electrons. The highest BCUT2D eigenvalue weighted by atomic mass is 35.7. The maximum Gasteiger partial charge on any atom is 0.264 e. The quantitative estimate of drug-likeness (QED) is 0.698. The summed E-state index contributed by atoms with van der Waals surface area (Å²) in [5.74, 6) is -0.706. The molecule has 1 heterocycles. The van der Waals surface area contributed by atoms with Gasteiger partial charge in [-0.15, -0.1) is 0 Å². The number of nitrogens with one attached hydrogen (secondary N) is 1. The molecule has 3 rings (SSSR count). The lowest BCUT2D eigenvalue weighted by atomic mass is 10.2. The largest absolute Gasteiger partial charge is 0.344 e. The van der Waals surface area contributed by atoms with Crippen LogP contribution in [0.3, 0.4) is 0 Å². The Morgan fingerprint density at radius 2 is 1.62 bits per heavy atom. The van der Waals surface area contributed by atoms with Crippen LogP contribution in [0.15, 0.2) is 57.3 Å². The molecule has 1 aromatic heterocycles. The average molecular weight is 388 g/mol. The molecule has 126 valence electrons. The van der Waals surface area contributed by atoms with Gasteiger partial charge in [-0.2, -0.15) is 0 Å². The van der Waals surface area contributed by atoms with Gasteiger partial charge in [-0.05, 0) is 37.3 Å². The van der Waals surface area contributed by atoms with Crippen LogP contribution in [0.1, 0.15) is 5.56 Å². The van der Waals surface area contributed by atoms with Crippen LogP contribution in [0, 0.1) is 12.7 Å². The third-order valence-electron chi connectivity index (χ3n) is 3.52. The Hall–Kier alpha value is -1.90. The minimum absolute atomic E-state index is 0.0957. The van der Waals surface area contributed by atoms with Crippen molar-refractivity contribution < 1.29 is 21.2 Å². The van der Waals surface area contributed by atoms with Crippen LogP contribution < -0.4 is 0 Å². The SMILES string of the molecule is Cc1ccc(S(=O)(=O)c2[nH]c3ccc(F)cc3c2S(=O)(=O)Cl)cc1. The van der Waals surface area contributed by atoms with Gasteiger partial charge >= 0.3 is 0 Å². The molecule has 0 spiro atoms. The molecule has 24 heavy (non-hydrogen) atoms. The first-order valence-electron chi connectivity index (χ1n) is 6.68. The number of H-pyrrole nitrogens is 1. The fourth-order valence-corrected chi connectivity index (χ4v) is 5.69. The monoisotopic (exact) mass is 387 g/mol. The highest BCUT2D eigenvalue weighted by molar-refractivity contribution is 8.14. The number of aryl methyl sites for hydroxylation is 1. The highest BCUT2D eigenvalue weighted by Gasteiger charge is 2.31. The van der Waals surface area contributed by atoms with Gasteiger partial charge in [0.1, 0.15) is 10.7 Å². The third kappa shape index (κ3) is 2.81. The van der Waals surface area contributed by atoms with E-state index in [2.05, 4.69) is 4.98 Å². The molecule has 5 nitrogen and oxygen atoms in total. The van der Waals surface area contributed by atoms with Crippen molar-refractivity contribution >= 4 is 40.5 Å². The minimum atomic E-state index is -4.44. The van der Waals surface area contributed by atoms with Crippen LogP contribution >= 0.6 is 10.7 Å². The Balaban J connectivity index is 2.39. The summed E-state index contributed by atoms with van der Waals surface area (Å²) in [5.41, 5.74) is 0.999. The van der Waals surface area contributed by atoms with Crippen molar-refractivity contribution in [3.05, 3.63) is 53.8 Å².